The van der Waals surface area contributed by atoms with E-state index in [0.29, 0.717) is 11.4 Å². The Bertz CT molecular complexity index is 604. The molecule has 0 spiro atoms. The van der Waals surface area contributed by atoms with E-state index in [4.69, 9.17) is 5.11 Å². The standard InChI is InChI=1S/C12H13N3O3/c16-10(6-1-2-6)7-3-4-8-9(5-7)14-11(13-8)15-12(17)18/h3-6,10,16H,1-2H2,(H,17,18)(H2,13,14,15). The van der Waals surface area contributed by atoms with Gasteiger partial charge in [-0.2, -0.15) is 0 Å². The van der Waals surface area contributed by atoms with Gasteiger partial charge in [-0.25, -0.2) is 9.78 Å². The van der Waals surface area contributed by atoms with Crippen LogP contribution in [0.3, 0.4) is 0 Å². The van der Waals surface area contributed by atoms with E-state index in [9.17, 15) is 9.90 Å². The summed E-state index contributed by atoms with van der Waals surface area (Å²) in [6.45, 7) is 0. The maximum Gasteiger partial charge on any atom is 0.411 e. The second-order valence-electron chi connectivity index (χ2n) is 4.57. The fourth-order valence-electron chi connectivity index (χ4n) is 2.05. The van der Waals surface area contributed by atoms with E-state index < -0.39 is 12.2 Å². The summed E-state index contributed by atoms with van der Waals surface area (Å²) >= 11 is 0. The minimum atomic E-state index is -1.16. The van der Waals surface area contributed by atoms with Crippen molar-refractivity contribution in [1.29, 1.82) is 0 Å². The number of carbonyl (C=O) groups is 1. The normalized spacial score (nSPS) is 16.7. The van der Waals surface area contributed by atoms with Crippen LogP contribution in [0.1, 0.15) is 24.5 Å². The summed E-state index contributed by atoms with van der Waals surface area (Å²) in [7, 11) is 0. The van der Waals surface area contributed by atoms with Crippen LogP contribution in [-0.4, -0.2) is 26.3 Å². The van der Waals surface area contributed by atoms with E-state index in [2.05, 4.69) is 15.3 Å². The number of nitrogens with one attached hydrogen (secondary N) is 2. The monoisotopic (exact) mass is 247 g/mol. The Hall–Kier alpha value is -2.08. The minimum Gasteiger partial charge on any atom is -0.465 e. The second-order valence-corrected chi connectivity index (χ2v) is 4.57. The van der Waals surface area contributed by atoms with Crippen LogP contribution in [-0.2, 0) is 0 Å². The third kappa shape index (κ3) is 2.02. The largest absolute Gasteiger partial charge is 0.465 e. The summed E-state index contributed by atoms with van der Waals surface area (Å²) in [5, 5.41) is 20.8. The number of imidazole rings is 1. The summed E-state index contributed by atoms with van der Waals surface area (Å²) in [5.74, 6) is 0.550. The quantitative estimate of drug-likeness (QED) is 0.667. The lowest BCUT2D eigenvalue weighted by atomic mass is 10.1. The highest BCUT2D eigenvalue weighted by atomic mass is 16.4. The van der Waals surface area contributed by atoms with Crippen LogP contribution in [0.2, 0.25) is 0 Å². The molecule has 0 radical (unpaired) electrons. The molecule has 1 aliphatic rings. The topological polar surface area (TPSA) is 98.2 Å². The summed E-state index contributed by atoms with van der Waals surface area (Å²) in [6, 6.07) is 5.44. The van der Waals surface area contributed by atoms with Gasteiger partial charge in [0, 0.05) is 0 Å². The Morgan fingerprint density at radius 3 is 2.94 bits per heavy atom. The van der Waals surface area contributed by atoms with E-state index in [-0.39, 0.29) is 5.95 Å². The van der Waals surface area contributed by atoms with E-state index in [1.165, 1.54) is 0 Å². The van der Waals surface area contributed by atoms with Crippen LogP contribution in [0.5, 0.6) is 0 Å². The Morgan fingerprint density at radius 1 is 1.50 bits per heavy atom. The third-order valence-electron chi connectivity index (χ3n) is 3.14. The summed E-state index contributed by atoms with van der Waals surface area (Å²) in [6.07, 6.45) is 0.520. The van der Waals surface area contributed by atoms with Crippen LogP contribution >= 0.6 is 0 Å². The van der Waals surface area contributed by atoms with Crippen molar-refractivity contribution in [3.63, 3.8) is 0 Å². The van der Waals surface area contributed by atoms with Crippen LogP contribution < -0.4 is 5.32 Å². The summed E-state index contributed by atoms with van der Waals surface area (Å²) < 4.78 is 0. The molecule has 6 nitrogen and oxygen atoms in total. The highest BCUT2D eigenvalue weighted by molar-refractivity contribution is 5.85. The number of rotatable bonds is 3. The van der Waals surface area contributed by atoms with Gasteiger partial charge in [0.05, 0.1) is 17.1 Å². The van der Waals surface area contributed by atoms with Crippen LogP contribution in [0.4, 0.5) is 10.7 Å². The van der Waals surface area contributed by atoms with Gasteiger partial charge in [0.25, 0.3) is 0 Å². The van der Waals surface area contributed by atoms with Gasteiger partial charge in [0.15, 0.2) is 0 Å². The van der Waals surface area contributed by atoms with Gasteiger partial charge in [0.1, 0.15) is 0 Å². The first kappa shape index (κ1) is 11.0. The van der Waals surface area contributed by atoms with Crippen LogP contribution in [0.25, 0.3) is 11.0 Å². The van der Waals surface area contributed by atoms with Crippen molar-refractivity contribution in [1.82, 2.24) is 9.97 Å². The first-order valence-electron chi connectivity index (χ1n) is 5.81. The molecule has 94 valence electrons. The molecule has 1 heterocycles. The van der Waals surface area contributed by atoms with Gasteiger partial charge in [-0.15, -0.1) is 0 Å². The molecule has 1 unspecified atom stereocenters. The molecule has 1 fully saturated rings. The number of nitrogens with zero attached hydrogens (tertiary/aromatic N) is 1. The Kier molecular flexibility index (Phi) is 2.45. The number of hydrogen-bond acceptors (Lipinski definition) is 3. The minimum absolute atomic E-state index is 0.190. The predicted molar refractivity (Wildman–Crippen MR) is 65.4 cm³/mol. The SMILES string of the molecule is O=C(O)Nc1nc2cc(C(O)C3CC3)ccc2[nH]1. The fraction of sp³-hybridized carbons (Fsp3) is 0.333. The molecule has 6 heteroatoms. The number of anilines is 1. The number of benzene rings is 1. The van der Waals surface area contributed by atoms with E-state index >= 15 is 0 Å². The van der Waals surface area contributed by atoms with Crippen molar-refractivity contribution in [3.8, 4) is 0 Å². The molecule has 3 rings (SSSR count). The Balaban J connectivity index is 1.93. The van der Waals surface area contributed by atoms with Gasteiger partial charge < -0.3 is 15.2 Å². The van der Waals surface area contributed by atoms with Gasteiger partial charge in [-0.3, -0.25) is 5.32 Å². The fourth-order valence-corrected chi connectivity index (χ4v) is 2.05. The second kappa shape index (κ2) is 3.99. The van der Waals surface area contributed by atoms with Gasteiger partial charge in [-0.05, 0) is 36.5 Å². The molecule has 1 aliphatic carbocycles. The van der Waals surface area contributed by atoms with Crippen LogP contribution in [0, 0.1) is 5.92 Å². The maximum atomic E-state index is 10.5. The van der Waals surface area contributed by atoms with Crippen molar-refractivity contribution < 1.29 is 15.0 Å². The Morgan fingerprint density at radius 2 is 2.28 bits per heavy atom. The average Bonchev–Trinajstić information content (AvgIpc) is 3.08. The number of aromatic nitrogens is 2. The number of fused-ring (bicyclic) bond motifs is 1. The summed E-state index contributed by atoms with van der Waals surface area (Å²) in [5.41, 5.74) is 2.22. The first-order chi connectivity index (χ1) is 8.63. The number of H-pyrrole nitrogens is 1. The third-order valence-corrected chi connectivity index (χ3v) is 3.14. The van der Waals surface area contributed by atoms with Crippen LogP contribution in [0.15, 0.2) is 18.2 Å². The highest BCUT2D eigenvalue weighted by Gasteiger charge is 2.30. The zero-order chi connectivity index (χ0) is 12.7. The molecule has 1 amide bonds. The Labute approximate surface area is 103 Å². The first-order valence-corrected chi connectivity index (χ1v) is 5.81. The van der Waals surface area contributed by atoms with E-state index in [0.717, 1.165) is 23.9 Å². The zero-order valence-electron chi connectivity index (χ0n) is 9.55. The van der Waals surface area contributed by atoms with Crippen molar-refractivity contribution in [3.05, 3.63) is 23.8 Å². The molecule has 1 aromatic carbocycles. The predicted octanol–water partition coefficient (Wildman–Crippen LogP) is 2.10. The molecule has 4 N–H and O–H groups in total. The van der Waals surface area contributed by atoms with Gasteiger partial charge >= 0.3 is 6.09 Å². The average molecular weight is 247 g/mol. The zero-order valence-corrected chi connectivity index (χ0v) is 9.55. The molecular weight excluding hydrogens is 234 g/mol. The molecule has 0 saturated heterocycles. The number of carboxylic acid groups (broad SMARTS) is 1. The van der Waals surface area contributed by atoms with Crippen molar-refractivity contribution in [2.75, 3.05) is 5.32 Å². The smallest absolute Gasteiger partial charge is 0.411 e. The number of aliphatic hydroxyl groups is 1. The lowest BCUT2D eigenvalue weighted by Gasteiger charge is -2.08. The molecule has 1 saturated carbocycles. The highest BCUT2D eigenvalue weighted by Crippen LogP contribution is 2.41. The van der Waals surface area contributed by atoms with Gasteiger partial charge in [0.2, 0.25) is 5.95 Å². The molecule has 0 aliphatic heterocycles. The molecule has 18 heavy (non-hydrogen) atoms. The van der Waals surface area contributed by atoms with Crippen molar-refractivity contribution >= 4 is 23.1 Å². The van der Waals surface area contributed by atoms with E-state index in [1.54, 1.807) is 12.1 Å². The molecular formula is C12H13N3O3. The number of amides is 1. The molecule has 1 atom stereocenters. The van der Waals surface area contributed by atoms with Gasteiger partial charge in [-0.1, -0.05) is 6.07 Å². The molecule has 1 aromatic heterocycles. The lowest BCUT2D eigenvalue weighted by Crippen LogP contribution is -2.08. The van der Waals surface area contributed by atoms with E-state index in [1.807, 2.05) is 6.07 Å². The number of hydrogen-bond donors (Lipinski definition) is 4. The molecule has 0 bridgehead atoms. The summed E-state index contributed by atoms with van der Waals surface area (Å²) in [4.78, 5) is 17.5. The molecule has 2 aromatic rings. The van der Waals surface area contributed by atoms with Crippen molar-refractivity contribution in [2.45, 2.75) is 18.9 Å². The maximum absolute atomic E-state index is 10.5. The lowest BCUT2D eigenvalue weighted by molar-refractivity contribution is 0.154. The number of aromatic amines is 1. The van der Waals surface area contributed by atoms with Crippen molar-refractivity contribution in [2.24, 2.45) is 5.92 Å². The number of aliphatic hydroxyl groups excluding tert-OH is 1.